The van der Waals surface area contributed by atoms with Gasteiger partial charge in [0.1, 0.15) is 10.8 Å². The number of carbonyl (C=O) groups is 2. The third-order valence-electron chi connectivity index (χ3n) is 2.99. The van der Waals surface area contributed by atoms with E-state index in [9.17, 15) is 14.0 Å². The zero-order valence-corrected chi connectivity index (χ0v) is 13.4. The third-order valence-corrected chi connectivity index (χ3v) is 3.70. The zero-order chi connectivity index (χ0) is 16.8. The van der Waals surface area contributed by atoms with Gasteiger partial charge in [-0.05, 0) is 43.0 Å². The first-order chi connectivity index (χ1) is 11.0. The van der Waals surface area contributed by atoms with Gasteiger partial charge in [0.05, 0.1) is 5.56 Å². The zero-order valence-electron chi connectivity index (χ0n) is 12.6. The van der Waals surface area contributed by atoms with Crippen LogP contribution in [0, 0.1) is 12.7 Å². The number of nitrogens with one attached hydrogen (secondary N) is 1. The Bertz CT molecular complexity index is 737. The van der Waals surface area contributed by atoms with Crippen LogP contribution in [0.1, 0.15) is 15.9 Å². The van der Waals surface area contributed by atoms with Gasteiger partial charge in [-0.1, -0.05) is 6.07 Å². The Hall–Kier alpha value is -2.41. The second kappa shape index (κ2) is 7.73. The van der Waals surface area contributed by atoms with Crippen molar-refractivity contribution >= 4 is 29.3 Å². The van der Waals surface area contributed by atoms with Gasteiger partial charge in [0, 0.05) is 11.9 Å². The van der Waals surface area contributed by atoms with Crippen molar-refractivity contribution in [1.29, 1.82) is 0 Å². The Morgan fingerprint density at radius 1 is 1.35 bits per heavy atom. The summed E-state index contributed by atoms with van der Waals surface area (Å²) in [5, 5.41) is 3.04. The lowest BCUT2D eigenvalue weighted by atomic mass is 10.2. The van der Waals surface area contributed by atoms with Crippen molar-refractivity contribution < 1.29 is 18.7 Å². The fourth-order valence-electron chi connectivity index (χ4n) is 1.83. The number of anilines is 1. The highest BCUT2D eigenvalue weighted by Gasteiger charge is 2.15. The first-order valence-corrected chi connectivity index (χ1v) is 7.96. The summed E-state index contributed by atoms with van der Waals surface area (Å²) in [7, 11) is 0. The maximum atomic E-state index is 13.2. The molecular weight excluding hydrogens is 319 g/mol. The van der Waals surface area contributed by atoms with Crippen LogP contribution in [-0.2, 0) is 9.53 Å². The molecule has 2 aromatic rings. The summed E-state index contributed by atoms with van der Waals surface area (Å²) >= 11 is 1.31. The number of rotatable bonds is 5. The smallest absolute Gasteiger partial charge is 0.341 e. The standard InChI is InChI=1S/C16H15FN2O3S/c1-10-5-6-11(17)8-13(10)19-14(20)9-22-16(21)12-4-3-7-18-15(12)23-2/h3-8H,9H2,1-2H3,(H,19,20). The summed E-state index contributed by atoms with van der Waals surface area (Å²) in [5.74, 6) is -1.63. The average Bonchev–Trinajstić information content (AvgIpc) is 2.56. The molecule has 0 unspecified atom stereocenters. The number of hydrogen-bond acceptors (Lipinski definition) is 5. The summed E-state index contributed by atoms with van der Waals surface area (Å²) < 4.78 is 18.1. The van der Waals surface area contributed by atoms with E-state index in [1.807, 2.05) is 0 Å². The first kappa shape index (κ1) is 17.0. The predicted octanol–water partition coefficient (Wildman–Crippen LogP) is 3.05. The van der Waals surface area contributed by atoms with Crippen LogP contribution in [0.25, 0.3) is 0 Å². The van der Waals surface area contributed by atoms with E-state index in [1.165, 1.54) is 23.9 Å². The molecule has 2 rings (SSSR count). The lowest BCUT2D eigenvalue weighted by molar-refractivity contribution is -0.119. The van der Waals surface area contributed by atoms with Gasteiger partial charge < -0.3 is 10.1 Å². The molecule has 0 spiro atoms. The lowest BCUT2D eigenvalue weighted by Crippen LogP contribution is -2.21. The fourth-order valence-corrected chi connectivity index (χ4v) is 2.37. The molecule has 0 aliphatic rings. The molecule has 0 atom stereocenters. The highest BCUT2D eigenvalue weighted by molar-refractivity contribution is 7.98. The van der Waals surface area contributed by atoms with Crippen LogP contribution in [0.3, 0.4) is 0 Å². The lowest BCUT2D eigenvalue weighted by Gasteiger charge is -2.10. The number of hydrogen-bond donors (Lipinski definition) is 1. The van der Waals surface area contributed by atoms with Gasteiger partial charge in [-0.25, -0.2) is 14.2 Å². The van der Waals surface area contributed by atoms with E-state index in [4.69, 9.17) is 4.74 Å². The molecule has 0 fully saturated rings. The number of carbonyl (C=O) groups excluding carboxylic acids is 2. The molecule has 23 heavy (non-hydrogen) atoms. The van der Waals surface area contributed by atoms with Crippen LogP contribution in [0.2, 0.25) is 0 Å². The summed E-state index contributed by atoms with van der Waals surface area (Å²) in [6, 6.07) is 7.26. The van der Waals surface area contributed by atoms with Crippen LogP contribution >= 0.6 is 11.8 Å². The van der Waals surface area contributed by atoms with Crippen molar-refractivity contribution in [2.24, 2.45) is 0 Å². The number of amides is 1. The average molecular weight is 334 g/mol. The van der Waals surface area contributed by atoms with Gasteiger partial charge in [-0.15, -0.1) is 11.8 Å². The number of aromatic nitrogens is 1. The van der Waals surface area contributed by atoms with E-state index in [0.717, 1.165) is 0 Å². The van der Waals surface area contributed by atoms with Gasteiger partial charge in [-0.3, -0.25) is 4.79 Å². The van der Waals surface area contributed by atoms with Crippen molar-refractivity contribution in [2.75, 3.05) is 18.2 Å². The number of halogens is 1. The number of benzene rings is 1. The van der Waals surface area contributed by atoms with Crippen molar-refractivity contribution in [3.8, 4) is 0 Å². The molecule has 5 nitrogen and oxygen atoms in total. The van der Waals surface area contributed by atoms with Crippen LogP contribution < -0.4 is 5.32 Å². The van der Waals surface area contributed by atoms with Crippen molar-refractivity contribution in [2.45, 2.75) is 11.9 Å². The monoisotopic (exact) mass is 334 g/mol. The highest BCUT2D eigenvalue weighted by Crippen LogP contribution is 2.18. The van der Waals surface area contributed by atoms with Crippen molar-refractivity contribution in [3.05, 3.63) is 53.5 Å². The Kier molecular flexibility index (Phi) is 5.70. The second-order valence-electron chi connectivity index (χ2n) is 4.64. The van der Waals surface area contributed by atoms with Gasteiger partial charge in [-0.2, -0.15) is 0 Å². The largest absolute Gasteiger partial charge is 0.452 e. The molecular formula is C16H15FN2O3S. The molecule has 1 aromatic carbocycles. The number of nitrogens with zero attached hydrogens (tertiary/aromatic N) is 1. The molecule has 1 amide bonds. The molecule has 1 N–H and O–H groups in total. The molecule has 7 heteroatoms. The maximum absolute atomic E-state index is 13.2. The minimum Gasteiger partial charge on any atom is -0.452 e. The van der Waals surface area contributed by atoms with Crippen molar-refractivity contribution in [1.82, 2.24) is 4.98 Å². The summed E-state index contributed by atoms with van der Waals surface area (Å²) in [6.45, 7) is 1.28. The van der Waals surface area contributed by atoms with E-state index in [1.54, 1.807) is 37.6 Å². The molecule has 0 radical (unpaired) electrons. The van der Waals surface area contributed by atoms with Gasteiger partial charge in [0.2, 0.25) is 0 Å². The molecule has 1 heterocycles. The van der Waals surface area contributed by atoms with E-state index >= 15 is 0 Å². The van der Waals surface area contributed by atoms with Crippen molar-refractivity contribution in [3.63, 3.8) is 0 Å². The van der Waals surface area contributed by atoms with Crippen LogP contribution in [0.4, 0.5) is 10.1 Å². The molecule has 0 aliphatic carbocycles. The Labute approximate surface area is 137 Å². The van der Waals surface area contributed by atoms with E-state index in [2.05, 4.69) is 10.3 Å². The number of ether oxygens (including phenoxy) is 1. The Morgan fingerprint density at radius 3 is 2.87 bits per heavy atom. The fraction of sp³-hybridized carbons (Fsp3) is 0.188. The maximum Gasteiger partial charge on any atom is 0.341 e. The molecule has 0 aliphatic heterocycles. The summed E-state index contributed by atoms with van der Waals surface area (Å²) in [6.07, 6.45) is 3.36. The minimum absolute atomic E-state index is 0.301. The van der Waals surface area contributed by atoms with Gasteiger partial charge in [0.25, 0.3) is 5.91 Å². The molecule has 0 bridgehead atoms. The number of aryl methyl sites for hydroxylation is 1. The molecule has 120 valence electrons. The van der Waals surface area contributed by atoms with E-state index in [0.29, 0.717) is 21.8 Å². The van der Waals surface area contributed by atoms with Gasteiger partial charge >= 0.3 is 5.97 Å². The highest BCUT2D eigenvalue weighted by atomic mass is 32.2. The quantitative estimate of drug-likeness (QED) is 0.672. The Morgan fingerprint density at radius 2 is 2.13 bits per heavy atom. The molecule has 0 saturated carbocycles. The molecule has 1 aromatic heterocycles. The predicted molar refractivity (Wildman–Crippen MR) is 86.1 cm³/mol. The van der Waals surface area contributed by atoms with E-state index in [-0.39, 0.29) is 0 Å². The first-order valence-electron chi connectivity index (χ1n) is 6.73. The summed E-state index contributed by atoms with van der Waals surface area (Å²) in [5.41, 5.74) is 1.36. The topological polar surface area (TPSA) is 68.3 Å². The van der Waals surface area contributed by atoms with Crippen LogP contribution in [0.15, 0.2) is 41.6 Å². The number of pyridine rings is 1. The van der Waals surface area contributed by atoms with Gasteiger partial charge in [0.15, 0.2) is 6.61 Å². The van der Waals surface area contributed by atoms with Crippen LogP contribution in [-0.4, -0.2) is 29.7 Å². The minimum atomic E-state index is -0.631. The Balaban J connectivity index is 1.96. The van der Waals surface area contributed by atoms with E-state index < -0.39 is 24.3 Å². The number of thioether (sulfide) groups is 1. The SMILES string of the molecule is CSc1ncccc1C(=O)OCC(=O)Nc1cc(F)ccc1C. The summed E-state index contributed by atoms with van der Waals surface area (Å²) in [4.78, 5) is 27.9. The van der Waals surface area contributed by atoms with Crippen LogP contribution in [0.5, 0.6) is 0 Å². The second-order valence-corrected chi connectivity index (χ2v) is 5.44. The third kappa shape index (κ3) is 4.53. The normalized spacial score (nSPS) is 10.2. The number of esters is 1. The molecule has 0 saturated heterocycles.